The largest absolute Gasteiger partial charge is 0.361 e. The maximum absolute atomic E-state index is 13.1. The first-order valence-corrected chi connectivity index (χ1v) is 8.62. The first-order chi connectivity index (χ1) is 11.8. The van der Waals surface area contributed by atoms with Gasteiger partial charge in [0.2, 0.25) is 5.91 Å². The van der Waals surface area contributed by atoms with Crippen LogP contribution in [-0.2, 0) is 11.3 Å². The minimum atomic E-state index is -0.211. The standard InChI is InChI=1S/C19H22N4O/c1-2-18(23-11-3-9-21-23)19(24)22(16-5-6-16)13-14-4-7-17-15(12-14)8-10-20-17/h3-4,7-12,16,18,20H,2,5-6,13H2,1H3/t18-/m0/s1. The molecule has 1 aliphatic rings. The Morgan fingerprint density at radius 1 is 1.42 bits per heavy atom. The summed E-state index contributed by atoms with van der Waals surface area (Å²) in [6, 6.07) is 10.5. The van der Waals surface area contributed by atoms with Crippen molar-refractivity contribution in [3.05, 3.63) is 54.5 Å². The molecule has 24 heavy (non-hydrogen) atoms. The van der Waals surface area contributed by atoms with Crippen LogP contribution in [0.2, 0.25) is 0 Å². The molecule has 2 heterocycles. The van der Waals surface area contributed by atoms with E-state index in [1.165, 1.54) is 10.9 Å². The molecule has 1 saturated carbocycles. The topological polar surface area (TPSA) is 53.9 Å². The molecule has 1 fully saturated rings. The Balaban J connectivity index is 1.58. The highest BCUT2D eigenvalue weighted by atomic mass is 16.2. The number of carbonyl (C=O) groups is 1. The molecule has 124 valence electrons. The number of amides is 1. The van der Waals surface area contributed by atoms with E-state index in [-0.39, 0.29) is 11.9 Å². The van der Waals surface area contributed by atoms with Gasteiger partial charge in [-0.05, 0) is 54.5 Å². The quantitative estimate of drug-likeness (QED) is 0.755. The molecule has 0 radical (unpaired) electrons. The molecule has 0 spiro atoms. The zero-order valence-electron chi connectivity index (χ0n) is 13.9. The molecule has 2 aromatic heterocycles. The molecule has 0 unspecified atom stereocenters. The average Bonchev–Trinajstić information content (AvgIpc) is 3.09. The van der Waals surface area contributed by atoms with E-state index < -0.39 is 0 Å². The minimum Gasteiger partial charge on any atom is -0.361 e. The van der Waals surface area contributed by atoms with Crippen molar-refractivity contribution in [1.29, 1.82) is 0 Å². The predicted molar refractivity (Wildman–Crippen MR) is 93.4 cm³/mol. The van der Waals surface area contributed by atoms with Crippen LogP contribution in [0.4, 0.5) is 0 Å². The highest BCUT2D eigenvalue weighted by Crippen LogP contribution is 2.31. The van der Waals surface area contributed by atoms with Crippen LogP contribution < -0.4 is 0 Å². The number of fused-ring (bicyclic) bond motifs is 1. The van der Waals surface area contributed by atoms with Crippen LogP contribution in [0.1, 0.15) is 37.8 Å². The second-order valence-corrected chi connectivity index (χ2v) is 6.51. The third-order valence-electron chi connectivity index (χ3n) is 4.76. The molecule has 5 heteroatoms. The van der Waals surface area contributed by atoms with Gasteiger partial charge in [-0.1, -0.05) is 13.0 Å². The molecular formula is C19H22N4O. The van der Waals surface area contributed by atoms with Gasteiger partial charge in [0.25, 0.3) is 0 Å². The molecule has 3 aromatic rings. The lowest BCUT2D eigenvalue weighted by Crippen LogP contribution is -2.38. The van der Waals surface area contributed by atoms with Gasteiger partial charge in [-0.25, -0.2) is 0 Å². The summed E-state index contributed by atoms with van der Waals surface area (Å²) in [4.78, 5) is 18.4. The van der Waals surface area contributed by atoms with Gasteiger partial charge < -0.3 is 9.88 Å². The lowest BCUT2D eigenvalue weighted by molar-refractivity contribution is -0.136. The van der Waals surface area contributed by atoms with Gasteiger partial charge in [-0.3, -0.25) is 9.48 Å². The number of aromatic amines is 1. The summed E-state index contributed by atoms with van der Waals surface area (Å²) in [5, 5.41) is 5.47. The first-order valence-electron chi connectivity index (χ1n) is 8.62. The number of H-pyrrole nitrogens is 1. The van der Waals surface area contributed by atoms with E-state index in [4.69, 9.17) is 0 Å². The normalized spacial score (nSPS) is 15.5. The van der Waals surface area contributed by atoms with Crippen molar-refractivity contribution < 1.29 is 4.79 Å². The summed E-state index contributed by atoms with van der Waals surface area (Å²) < 4.78 is 1.78. The van der Waals surface area contributed by atoms with E-state index in [1.807, 2.05) is 30.3 Å². The Bertz CT molecular complexity index is 832. The molecule has 5 nitrogen and oxygen atoms in total. The Morgan fingerprint density at radius 3 is 3.00 bits per heavy atom. The zero-order valence-corrected chi connectivity index (χ0v) is 13.9. The summed E-state index contributed by atoms with van der Waals surface area (Å²) in [7, 11) is 0. The van der Waals surface area contributed by atoms with Gasteiger partial charge in [0.15, 0.2) is 0 Å². The monoisotopic (exact) mass is 322 g/mol. The second kappa shape index (κ2) is 6.15. The van der Waals surface area contributed by atoms with Crippen molar-refractivity contribution in [3.8, 4) is 0 Å². The number of hydrogen-bond donors (Lipinski definition) is 1. The van der Waals surface area contributed by atoms with Crippen molar-refractivity contribution >= 4 is 16.8 Å². The van der Waals surface area contributed by atoms with Crippen molar-refractivity contribution in [2.45, 2.75) is 44.8 Å². The summed E-state index contributed by atoms with van der Waals surface area (Å²) in [6.45, 7) is 2.71. The molecule has 1 amide bonds. The summed E-state index contributed by atoms with van der Waals surface area (Å²) in [6.07, 6.45) is 8.52. The molecule has 1 atom stereocenters. The van der Waals surface area contributed by atoms with Crippen LogP contribution in [0.15, 0.2) is 48.9 Å². The van der Waals surface area contributed by atoms with Gasteiger partial charge in [-0.2, -0.15) is 5.10 Å². The van der Waals surface area contributed by atoms with E-state index in [1.54, 1.807) is 10.9 Å². The number of carbonyl (C=O) groups excluding carboxylic acids is 1. The molecule has 1 aliphatic carbocycles. The molecule has 0 aliphatic heterocycles. The fourth-order valence-corrected chi connectivity index (χ4v) is 3.30. The third kappa shape index (κ3) is 2.82. The Labute approximate surface area is 141 Å². The van der Waals surface area contributed by atoms with E-state index >= 15 is 0 Å². The van der Waals surface area contributed by atoms with Crippen LogP contribution >= 0.6 is 0 Å². The smallest absolute Gasteiger partial charge is 0.247 e. The van der Waals surface area contributed by atoms with Crippen molar-refractivity contribution in [1.82, 2.24) is 19.7 Å². The molecule has 1 aromatic carbocycles. The fourth-order valence-electron chi connectivity index (χ4n) is 3.30. The molecule has 0 bridgehead atoms. The molecule has 0 saturated heterocycles. The Kier molecular flexibility index (Phi) is 3.84. The van der Waals surface area contributed by atoms with Gasteiger partial charge in [0.1, 0.15) is 6.04 Å². The second-order valence-electron chi connectivity index (χ2n) is 6.51. The van der Waals surface area contributed by atoms with Crippen LogP contribution in [0.3, 0.4) is 0 Å². The maximum atomic E-state index is 13.1. The van der Waals surface area contributed by atoms with Crippen LogP contribution in [-0.4, -0.2) is 31.6 Å². The molecular weight excluding hydrogens is 300 g/mol. The van der Waals surface area contributed by atoms with E-state index in [9.17, 15) is 4.79 Å². The average molecular weight is 322 g/mol. The number of benzene rings is 1. The number of nitrogens with zero attached hydrogens (tertiary/aromatic N) is 3. The predicted octanol–water partition coefficient (Wildman–Crippen LogP) is 3.51. The van der Waals surface area contributed by atoms with Crippen molar-refractivity contribution in [3.63, 3.8) is 0 Å². The van der Waals surface area contributed by atoms with Crippen LogP contribution in [0, 0.1) is 0 Å². The van der Waals surface area contributed by atoms with E-state index in [0.29, 0.717) is 12.6 Å². The fraction of sp³-hybridized carbons (Fsp3) is 0.368. The number of aromatic nitrogens is 3. The Hall–Kier alpha value is -2.56. The SMILES string of the molecule is CC[C@@H](C(=O)N(Cc1ccc2[nH]ccc2c1)C1CC1)n1cccn1. The maximum Gasteiger partial charge on any atom is 0.247 e. The van der Waals surface area contributed by atoms with E-state index in [0.717, 1.165) is 24.8 Å². The van der Waals surface area contributed by atoms with Gasteiger partial charge in [0, 0.05) is 36.7 Å². The molecule has 1 N–H and O–H groups in total. The van der Waals surface area contributed by atoms with Crippen molar-refractivity contribution in [2.24, 2.45) is 0 Å². The number of nitrogens with one attached hydrogen (secondary N) is 1. The summed E-state index contributed by atoms with van der Waals surface area (Å²) in [5.41, 5.74) is 2.31. The lowest BCUT2D eigenvalue weighted by atomic mass is 10.1. The number of rotatable bonds is 6. The van der Waals surface area contributed by atoms with Gasteiger partial charge in [-0.15, -0.1) is 0 Å². The summed E-state index contributed by atoms with van der Waals surface area (Å²) >= 11 is 0. The highest BCUT2D eigenvalue weighted by Gasteiger charge is 2.36. The van der Waals surface area contributed by atoms with Crippen LogP contribution in [0.25, 0.3) is 10.9 Å². The Morgan fingerprint density at radius 2 is 2.29 bits per heavy atom. The van der Waals surface area contributed by atoms with Gasteiger partial charge >= 0.3 is 0 Å². The zero-order chi connectivity index (χ0) is 16.5. The first kappa shape index (κ1) is 15.0. The summed E-state index contributed by atoms with van der Waals surface area (Å²) in [5.74, 6) is 0.179. The number of hydrogen-bond acceptors (Lipinski definition) is 2. The van der Waals surface area contributed by atoms with E-state index in [2.05, 4.69) is 34.3 Å². The lowest BCUT2D eigenvalue weighted by Gasteiger charge is -2.27. The third-order valence-corrected chi connectivity index (χ3v) is 4.76. The van der Waals surface area contributed by atoms with Crippen molar-refractivity contribution in [2.75, 3.05) is 0 Å². The van der Waals surface area contributed by atoms with Gasteiger partial charge in [0.05, 0.1) is 0 Å². The van der Waals surface area contributed by atoms with Crippen LogP contribution in [0.5, 0.6) is 0 Å². The highest BCUT2D eigenvalue weighted by molar-refractivity contribution is 5.82. The minimum absolute atomic E-state index is 0.179. The molecule has 4 rings (SSSR count).